The topological polar surface area (TPSA) is 24.9 Å². The van der Waals surface area contributed by atoms with Crippen molar-refractivity contribution in [3.8, 4) is 0 Å². The summed E-state index contributed by atoms with van der Waals surface area (Å²) in [5.41, 5.74) is 0.742. The molecule has 1 heterocycles. The first-order chi connectivity index (χ1) is 6.08. The van der Waals surface area contributed by atoms with Gasteiger partial charge in [-0.3, -0.25) is 4.98 Å². The van der Waals surface area contributed by atoms with Crippen molar-refractivity contribution in [2.24, 2.45) is 0 Å². The molecule has 1 rings (SSSR count). The maximum atomic E-state index is 11.7. The van der Waals surface area contributed by atoms with Crippen LogP contribution in [0.5, 0.6) is 0 Å². The van der Waals surface area contributed by atoms with E-state index in [9.17, 15) is 13.2 Å². The molecule has 72 valence electrons. The van der Waals surface area contributed by atoms with E-state index in [2.05, 4.69) is 10.3 Å². The first-order valence-corrected chi connectivity index (χ1v) is 3.74. The standard InChI is InChI=1S/C8H9F3N2/c9-8(10,11)6-13-5-7-2-1-3-12-4-7/h1-4,13H,5-6H2. The lowest BCUT2D eigenvalue weighted by molar-refractivity contribution is -0.125. The molecule has 13 heavy (non-hydrogen) atoms. The third-order valence-corrected chi connectivity index (χ3v) is 1.38. The minimum absolute atomic E-state index is 0.188. The molecule has 0 fully saturated rings. The van der Waals surface area contributed by atoms with E-state index < -0.39 is 12.7 Å². The molecule has 0 aliphatic carbocycles. The number of aromatic nitrogens is 1. The highest BCUT2D eigenvalue weighted by Crippen LogP contribution is 2.12. The number of alkyl halides is 3. The predicted molar refractivity (Wildman–Crippen MR) is 42.0 cm³/mol. The van der Waals surface area contributed by atoms with Crippen LogP contribution in [0.2, 0.25) is 0 Å². The second kappa shape index (κ2) is 4.23. The number of hydrogen-bond donors (Lipinski definition) is 1. The summed E-state index contributed by atoms with van der Waals surface area (Å²) in [5.74, 6) is 0. The van der Waals surface area contributed by atoms with Gasteiger partial charge in [-0.2, -0.15) is 13.2 Å². The van der Waals surface area contributed by atoms with Crippen molar-refractivity contribution in [3.63, 3.8) is 0 Å². The summed E-state index contributed by atoms with van der Waals surface area (Å²) < 4.78 is 35.0. The van der Waals surface area contributed by atoms with Gasteiger partial charge in [-0.05, 0) is 11.6 Å². The van der Waals surface area contributed by atoms with Crippen molar-refractivity contribution in [1.29, 1.82) is 0 Å². The van der Waals surface area contributed by atoms with E-state index >= 15 is 0 Å². The molecule has 0 unspecified atom stereocenters. The second-order valence-corrected chi connectivity index (χ2v) is 2.58. The molecule has 5 heteroatoms. The fourth-order valence-electron chi connectivity index (χ4n) is 0.851. The Kier molecular flexibility index (Phi) is 3.25. The molecule has 0 aromatic carbocycles. The monoisotopic (exact) mass is 190 g/mol. The summed E-state index contributed by atoms with van der Waals surface area (Å²) in [6.07, 6.45) is -1.04. The maximum absolute atomic E-state index is 11.7. The van der Waals surface area contributed by atoms with Crippen LogP contribution in [-0.2, 0) is 6.54 Å². The summed E-state index contributed by atoms with van der Waals surface area (Å²) in [7, 11) is 0. The van der Waals surface area contributed by atoms with Crippen LogP contribution >= 0.6 is 0 Å². The Morgan fingerprint density at radius 2 is 2.15 bits per heavy atom. The number of nitrogens with zero attached hydrogens (tertiary/aromatic N) is 1. The smallest absolute Gasteiger partial charge is 0.305 e. The largest absolute Gasteiger partial charge is 0.401 e. The Bertz CT molecular complexity index is 245. The van der Waals surface area contributed by atoms with Gasteiger partial charge in [0, 0.05) is 18.9 Å². The normalized spacial score (nSPS) is 11.6. The molecule has 0 atom stereocenters. The number of nitrogens with one attached hydrogen (secondary N) is 1. The van der Waals surface area contributed by atoms with Crippen molar-refractivity contribution in [3.05, 3.63) is 30.1 Å². The molecular weight excluding hydrogens is 181 g/mol. The SMILES string of the molecule is FC(F)(F)CNCc1cccnc1. The van der Waals surface area contributed by atoms with Crippen molar-refractivity contribution < 1.29 is 13.2 Å². The predicted octanol–water partition coefficient (Wildman–Crippen LogP) is 1.73. The molecule has 0 spiro atoms. The third-order valence-electron chi connectivity index (χ3n) is 1.38. The van der Waals surface area contributed by atoms with Gasteiger partial charge in [0.1, 0.15) is 0 Å². The van der Waals surface area contributed by atoms with Gasteiger partial charge in [-0.15, -0.1) is 0 Å². The molecule has 2 nitrogen and oxygen atoms in total. The van der Waals surface area contributed by atoms with E-state index in [1.807, 2.05) is 0 Å². The first kappa shape index (κ1) is 9.98. The zero-order chi connectivity index (χ0) is 9.73. The number of halogens is 3. The second-order valence-electron chi connectivity index (χ2n) is 2.58. The lowest BCUT2D eigenvalue weighted by Crippen LogP contribution is -2.28. The van der Waals surface area contributed by atoms with Crippen LogP contribution in [0.1, 0.15) is 5.56 Å². The van der Waals surface area contributed by atoms with E-state index in [0.29, 0.717) is 0 Å². The van der Waals surface area contributed by atoms with Crippen LogP contribution in [-0.4, -0.2) is 17.7 Å². The molecule has 0 amide bonds. The van der Waals surface area contributed by atoms with Crippen LogP contribution in [0.25, 0.3) is 0 Å². The lowest BCUT2D eigenvalue weighted by Gasteiger charge is -2.07. The van der Waals surface area contributed by atoms with Crippen molar-refractivity contribution in [2.75, 3.05) is 6.54 Å². The third kappa shape index (κ3) is 4.47. The summed E-state index contributed by atoms with van der Waals surface area (Å²) >= 11 is 0. The zero-order valence-corrected chi connectivity index (χ0v) is 6.80. The lowest BCUT2D eigenvalue weighted by atomic mass is 10.3. The molecule has 1 aromatic rings. The van der Waals surface area contributed by atoms with E-state index in [0.717, 1.165) is 5.56 Å². The van der Waals surface area contributed by atoms with Crippen molar-refractivity contribution >= 4 is 0 Å². The molecule has 0 aliphatic heterocycles. The fraction of sp³-hybridized carbons (Fsp3) is 0.375. The van der Waals surface area contributed by atoms with Crippen LogP contribution in [0.3, 0.4) is 0 Å². The minimum atomic E-state index is -4.15. The van der Waals surface area contributed by atoms with Crippen molar-refractivity contribution in [2.45, 2.75) is 12.7 Å². The maximum Gasteiger partial charge on any atom is 0.401 e. The average Bonchev–Trinajstić information content (AvgIpc) is 2.04. The van der Waals surface area contributed by atoms with E-state index in [-0.39, 0.29) is 6.54 Å². The van der Waals surface area contributed by atoms with Gasteiger partial charge >= 0.3 is 6.18 Å². The van der Waals surface area contributed by atoms with Crippen LogP contribution in [0.4, 0.5) is 13.2 Å². The summed E-state index contributed by atoms with van der Waals surface area (Å²) in [5, 5.41) is 2.28. The quantitative estimate of drug-likeness (QED) is 0.785. The fourth-order valence-corrected chi connectivity index (χ4v) is 0.851. The molecule has 1 aromatic heterocycles. The molecule has 0 saturated heterocycles. The molecule has 0 bridgehead atoms. The Morgan fingerprint density at radius 1 is 1.38 bits per heavy atom. The number of rotatable bonds is 3. The van der Waals surface area contributed by atoms with Gasteiger partial charge in [0.2, 0.25) is 0 Å². The summed E-state index contributed by atoms with van der Waals surface area (Å²) in [4.78, 5) is 3.78. The summed E-state index contributed by atoms with van der Waals surface area (Å²) in [6.45, 7) is -0.782. The first-order valence-electron chi connectivity index (χ1n) is 3.74. The molecule has 0 aliphatic rings. The zero-order valence-electron chi connectivity index (χ0n) is 6.80. The highest BCUT2D eigenvalue weighted by Gasteiger charge is 2.25. The highest BCUT2D eigenvalue weighted by molar-refractivity contribution is 5.07. The Hall–Kier alpha value is -1.10. The highest BCUT2D eigenvalue weighted by atomic mass is 19.4. The van der Waals surface area contributed by atoms with Crippen molar-refractivity contribution in [1.82, 2.24) is 10.3 Å². The Labute approximate surface area is 73.8 Å². The van der Waals surface area contributed by atoms with Gasteiger partial charge < -0.3 is 5.32 Å². The Morgan fingerprint density at radius 3 is 2.69 bits per heavy atom. The molecule has 0 saturated carbocycles. The van der Waals surface area contributed by atoms with Gasteiger partial charge in [0.15, 0.2) is 0 Å². The van der Waals surface area contributed by atoms with Crippen LogP contribution < -0.4 is 5.32 Å². The average molecular weight is 190 g/mol. The number of hydrogen-bond acceptors (Lipinski definition) is 2. The number of pyridine rings is 1. The van der Waals surface area contributed by atoms with E-state index in [1.54, 1.807) is 18.3 Å². The van der Waals surface area contributed by atoms with Gasteiger partial charge in [-0.1, -0.05) is 6.07 Å². The molecule has 0 radical (unpaired) electrons. The summed E-state index contributed by atoms with van der Waals surface area (Å²) in [6, 6.07) is 3.40. The van der Waals surface area contributed by atoms with Crippen LogP contribution in [0, 0.1) is 0 Å². The molecule has 1 N–H and O–H groups in total. The molecular formula is C8H9F3N2. The van der Waals surface area contributed by atoms with Gasteiger partial charge in [0.25, 0.3) is 0 Å². The van der Waals surface area contributed by atoms with Gasteiger partial charge in [-0.25, -0.2) is 0 Å². The Balaban J connectivity index is 2.29. The van der Waals surface area contributed by atoms with E-state index in [1.165, 1.54) is 6.20 Å². The minimum Gasteiger partial charge on any atom is -0.305 e. The van der Waals surface area contributed by atoms with Gasteiger partial charge in [0.05, 0.1) is 6.54 Å². The van der Waals surface area contributed by atoms with E-state index in [4.69, 9.17) is 0 Å². The van der Waals surface area contributed by atoms with Crippen LogP contribution in [0.15, 0.2) is 24.5 Å².